The van der Waals surface area contributed by atoms with Gasteiger partial charge in [-0.1, -0.05) is 12.1 Å². The molecule has 1 aliphatic rings. The normalized spacial score (nSPS) is 18.1. The average Bonchev–Trinajstić information content (AvgIpc) is 2.97. The Hall–Kier alpha value is -1.55. The molecule has 0 saturated carbocycles. The van der Waals surface area contributed by atoms with E-state index in [9.17, 15) is 9.90 Å². The number of rotatable bonds is 6. The van der Waals surface area contributed by atoms with Gasteiger partial charge in [0.25, 0.3) is 0 Å². The molecule has 0 aliphatic carbocycles. The molecule has 1 unspecified atom stereocenters. The number of likely N-dealkylation sites (N-methyl/N-ethyl adjacent to an activating group) is 1. The number of ether oxygens (including phenoxy) is 1. The summed E-state index contributed by atoms with van der Waals surface area (Å²) >= 11 is 0. The third-order valence-electron chi connectivity index (χ3n) is 3.75. The van der Waals surface area contributed by atoms with Gasteiger partial charge in [-0.05, 0) is 43.9 Å². The highest BCUT2D eigenvalue weighted by atomic mass is 16.5. The molecule has 0 radical (unpaired) electrons. The lowest BCUT2D eigenvalue weighted by atomic mass is 10.1. The lowest BCUT2D eigenvalue weighted by Crippen LogP contribution is -2.37. The summed E-state index contributed by atoms with van der Waals surface area (Å²) in [6.45, 7) is 4.27. The van der Waals surface area contributed by atoms with Crippen molar-refractivity contribution in [2.45, 2.75) is 38.7 Å². The topological polar surface area (TPSA) is 49.8 Å². The van der Waals surface area contributed by atoms with Crippen LogP contribution in [0.2, 0.25) is 0 Å². The minimum atomic E-state index is 0.177. The number of amides is 1. The van der Waals surface area contributed by atoms with Gasteiger partial charge in [-0.25, -0.2) is 0 Å². The average molecular weight is 277 g/mol. The van der Waals surface area contributed by atoms with Crippen molar-refractivity contribution >= 4 is 5.91 Å². The van der Waals surface area contributed by atoms with Crippen molar-refractivity contribution < 1.29 is 14.6 Å². The predicted octanol–water partition coefficient (Wildman–Crippen LogP) is 2.35. The Balaban J connectivity index is 1.80. The smallest absolute Gasteiger partial charge is 0.222 e. The van der Waals surface area contributed by atoms with E-state index in [0.29, 0.717) is 19.4 Å². The lowest BCUT2D eigenvalue weighted by molar-refractivity contribution is -0.132. The lowest BCUT2D eigenvalue weighted by Gasteiger charge is -2.24. The number of phenolic OH excluding ortho intramolecular Hbond substituents is 1. The van der Waals surface area contributed by atoms with Gasteiger partial charge >= 0.3 is 0 Å². The van der Waals surface area contributed by atoms with Crippen LogP contribution in [0, 0.1) is 0 Å². The summed E-state index contributed by atoms with van der Waals surface area (Å²) in [4.78, 5) is 14.1. The molecular formula is C16H23NO3. The van der Waals surface area contributed by atoms with Crippen LogP contribution in [0.1, 0.15) is 31.7 Å². The zero-order chi connectivity index (χ0) is 14.4. The Kier molecular flexibility index (Phi) is 5.41. The van der Waals surface area contributed by atoms with Gasteiger partial charge < -0.3 is 14.7 Å². The van der Waals surface area contributed by atoms with Crippen molar-refractivity contribution in [3.63, 3.8) is 0 Å². The summed E-state index contributed by atoms with van der Waals surface area (Å²) in [5.41, 5.74) is 1.07. The second-order valence-electron chi connectivity index (χ2n) is 5.23. The van der Waals surface area contributed by atoms with E-state index in [2.05, 4.69) is 0 Å². The summed E-state index contributed by atoms with van der Waals surface area (Å²) in [5.74, 6) is 0.435. The molecule has 1 saturated heterocycles. The fourth-order valence-electron chi connectivity index (χ4n) is 2.51. The Labute approximate surface area is 120 Å². The van der Waals surface area contributed by atoms with Crippen LogP contribution >= 0.6 is 0 Å². The first kappa shape index (κ1) is 14.9. The molecule has 20 heavy (non-hydrogen) atoms. The van der Waals surface area contributed by atoms with Crippen LogP contribution in [0.4, 0.5) is 0 Å². The van der Waals surface area contributed by atoms with Crippen LogP contribution in [0.25, 0.3) is 0 Å². The Morgan fingerprint density at radius 1 is 1.40 bits per heavy atom. The Morgan fingerprint density at radius 3 is 2.75 bits per heavy atom. The maximum Gasteiger partial charge on any atom is 0.222 e. The number of carbonyl (C=O) groups excluding carboxylic acids is 1. The fourth-order valence-corrected chi connectivity index (χ4v) is 2.51. The molecule has 1 fully saturated rings. The minimum Gasteiger partial charge on any atom is -0.508 e. The van der Waals surface area contributed by atoms with Crippen molar-refractivity contribution in [3.8, 4) is 5.75 Å². The maximum atomic E-state index is 12.2. The van der Waals surface area contributed by atoms with Gasteiger partial charge in [0, 0.05) is 26.1 Å². The molecule has 4 nitrogen and oxygen atoms in total. The number of hydrogen-bond donors (Lipinski definition) is 1. The SMILES string of the molecule is CCN(CC1CCCO1)C(=O)CCc1ccc(O)cc1. The number of nitrogens with zero attached hydrogens (tertiary/aromatic N) is 1. The second kappa shape index (κ2) is 7.29. The zero-order valence-corrected chi connectivity index (χ0v) is 12.0. The van der Waals surface area contributed by atoms with Crippen molar-refractivity contribution in [2.75, 3.05) is 19.7 Å². The number of phenols is 1. The van der Waals surface area contributed by atoms with Crippen LogP contribution in [-0.2, 0) is 16.0 Å². The van der Waals surface area contributed by atoms with Crippen LogP contribution in [0.15, 0.2) is 24.3 Å². The first-order chi connectivity index (χ1) is 9.69. The summed E-state index contributed by atoms with van der Waals surface area (Å²) in [6, 6.07) is 7.03. The van der Waals surface area contributed by atoms with Crippen LogP contribution in [0.3, 0.4) is 0 Å². The monoisotopic (exact) mass is 277 g/mol. The van der Waals surface area contributed by atoms with Crippen LogP contribution < -0.4 is 0 Å². The summed E-state index contributed by atoms with van der Waals surface area (Å²) in [5, 5.41) is 9.23. The molecule has 1 aromatic carbocycles. The molecule has 1 atom stereocenters. The molecule has 0 bridgehead atoms. The summed E-state index contributed by atoms with van der Waals surface area (Å²) < 4.78 is 5.59. The number of benzene rings is 1. The summed E-state index contributed by atoms with van der Waals surface area (Å²) in [6.07, 6.45) is 3.59. The van der Waals surface area contributed by atoms with E-state index in [1.165, 1.54) is 0 Å². The van der Waals surface area contributed by atoms with Crippen molar-refractivity contribution in [1.29, 1.82) is 0 Å². The van der Waals surface area contributed by atoms with E-state index in [4.69, 9.17) is 4.74 Å². The predicted molar refractivity (Wildman–Crippen MR) is 77.7 cm³/mol. The number of hydrogen-bond acceptors (Lipinski definition) is 3. The van der Waals surface area contributed by atoms with Crippen LogP contribution in [0.5, 0.6) is 5.75 Å². The highest BCUT2D eigenvalue weighted by Gasteiger charge is 2.21. The molecule has 110 valence electrons. The molecule has 1 N–H and O–H groups in total. The quantitative estimate of drug-likeness (QED) is 0.868. The van der Waals surface area contributed by atoms with Crippen molar-refractivity contribution in [1.82, 2.24) is 4.90 Å². The molecule has 2 rings (SSSR count). The molecule has 1 aliphatic heterocycles. The highest BCUT2D eigenvalue weighted by molar-refractivity contribution is 5.76. The van der Waals surface area contributed by atoms with Gasteiger partial charge in [-0.3, -0.25) is 4.79 Å². The standard InChI is InChI=1S/C16H23NO3/c1-2-17(12-15-4-3-11-20-15)16(19)10-7-13-5-8-14(18)9-6-13/h5-6,8-9,15,18H,2-4,7,10-12H2,1H3. The minimum absolute atomic E-state index is 0.177. The number of carbonyl (C=O) groups is 1. The second-order valence-corrected chi connectivity index (χ2v) is 5.23. The van der Waals surface area contributed by atoms with Gasteiger partial charge in [0.1, 0.15) is 5.75 Å². The molecular weight excluding hydrogens is 254 g/mol. The zero-order valence-electron chi connectivity index (χ0n) is 12.0. The van der Waals surface area contributed by atoms with Gasteiger partial charge in [0.2, 0.25) is 5.91 Å². The molecule has 4 heteroatoms. The van der Waals surface area contributed by atoms with Crippen molar-refractivity contribution in [3.05, 3.63) is 29.8 Å². The number of aryl methyl sites for hydroxylation is 1. The highest BCUT2D eigenvalue weighted by Crippen LogP contribution is 2.15. The van der Waals surface area contributed by atoms with Gasteiger partial charge in [0.15, 0.2) is 0 Å². The van der Waals surface area contributed by atoms with E-state index < -0.39 is 0 Å². The Morgan fingerprint density at radius 2 is 2.15 bits per heavy atom. The summed E-state index contributed by atoms with van der Waals surface area (Å²) in [7, 11) is 0. The molecule has 0 spiro atoms. The van der Waals surface area contributed by atoms with E-state index in [1.54, 1.807) is 12.1 Å². The Bertz CT molecular complexity index is 424. The van der Waals surface area contributed by atoms with E-state index in [0.717, 1.165) is 31.6 Å². The van der Waals surface area contributed by atoms with E-state index in [-0.39, 0.29) is 17.8 Å². The number of aromatic hydroxyl groups is 1. The largest absolute Gasteiger partial charge is 0.508 e. The molecule has 0 aromatic heterocycles. The molecule has 1 amide bonds. The first-order valence-electron chi connectivity index (χ1n) is 7.36. The van der Waals surface area contributed by atoms with Crippen LogP contribution in [-0.4, -0.2) is 41.7 Å². The third kappa shape index (κ3) is 4.23. The maximum absolute atomic E-state index is 12.2. The van der Waals surface area contributed by atoms with E-state index >= 15 is 0 Å². The third-order valence-corrected chi connectivity index (χ3v) is 3.75. The van der Waals surface area contributed by atoms with Gasteiger partial charge in [-0.15, -0.1) is 0 Å². The molecule has 1 aromatic rings. The first-order valence-corrected chi connectivity index (χ1v) is 7.36. The molecule has 1 heterocycles. The van der Waals surface area contributed by atoms with Crippen molar-refractivity contribution in [2.24, 2.45) is 0 Å². The van der Waals surface area contributed by atoms with Gasteiger partial charge in [-0.2, -0.15) is 0 Å². The fraction of sp³-hybridized carbons (Fsp3) is 0.562. The van der Waals surface area contributed by atoms with E-state index in [1.807, 2.05) is 24.0 Å². The van der Waals surface area contributed by atoms with Gasteiger partial charge in [0.05, 0.1) is 6.10 Å².